The summed E-state index contributed by atoms with van der Waals surface area (Å²) in [6, 6.07) is -2.08. The number of urea groups is 1. The van der Waals surface area contributed by atoms with Crippen molar-refractivity contribution in [3.8, 4) is 0 Å². The summed E-state index contributed by atoms with van der Waals surface area (Å²) in [5.74, 6) is -1.68. The summed E-state index contributed by atoms with van der Waals surface area (Å²) in [6.45, 7) is 6.04. The molecule has 21 heavy (non-hydrogen) atoms. The van der Waals surface area contributed by atoms with Gasteiger partial charge in [0, 0.05) is 6.54 Å². The lowest BCUT2D eigenvalue weighted by Gasteiger charge is -2.27. The van der Waals surface area contributed by atoms with Gasteiger partial charge in [0.2, 0.25) is 0 Å². The maximum Gasteiger partial charge on any atom is 0.328 e. The Kier molecular flexibility index (Phi) is 6.45. The van der Waals surface area contributed by atoms with E-state index in [0.717, 1.165) is 0 Å². The first-order valence-corrected chi connectivity index (χ1v) is 7.38. The Morgan fingerprint density at radius 1 is 1.38 bits per heavy atom. The molecule has 0 radical (unpaired) electrons. The third-order valence-corrected chi connectivity index (χ3v) is 3.83. The van der Waals surface area contributed by atoms with Crippen LogP contribution in [0.5, 0.6) is 0 Å². The number of carbonyl (C=O) groups is 3. The van der Waals surface area contributed by atoms with Gasteiger partial charge in [0.05, 0.1) is 6.61 Å². The van der Waals surface area contributed by atoms with Gasteiger partial charge in [0.1, 0.15) is 12.1 Å². The SMILES string of the molecule is CCOC(=O)C1CCCN1C(=O)NC(C(=O)O)C(C)CC. The number of carboxylic acids is 1. The van der Waals surface area contributed by atoms with Crippen LogP contribution in [0.1, 0.15) is 40.0 Å². The second-order valence-electron chi connectivity index (χ2n) is 5.25. The fourth-order valence-electron chi connectivity index (χ4n) is 2.39. The summed E-state index contributed by atoms with van der Waals surface area (Å²) in [4.78, 5) is 36.7. The van der Waals surface area contributed by atoms with E-state index in [1.54, 1.807) is 13.8 Å². The van der Waals surface area contributed by atoms with Gasteiger partial charge in [-0.15, -0.1) is 0 Å². The van der Waals surface area contributed by atoms with Crippen molar-refractivity contribution < 1.29 is 24.2 Å². The highest BCUT2D eigenvalue weighted by molar-refractivity contribution is 5.87. The fraction of sp³-hybridized carbons (Fsp3) is 0.786. The van der Waals surface area contributed by atoms with Crippen molar-refractivity contribution in [3.05, 3.63) is 0 Å². The quantitative estimate of drug-likeness (QED) is 0.719. The maximum atomic E-state index is 12.2. The minimum atomic E-state index is -1.07. The lowest BCUT2D eigenvalue weighted by Crippen LogP contribution is -2.53. The Morgan fingerprint density at radius 3 is 2.57 bits per heavy atom. The molecule has 1 heterocycles. The van der Waals surface area contributed by atoms with Gasteiger partial charge in [-0.05, 0) is 25.7 Å². The Hall–Kier alpha value is -1.79. The normalized spacial score (nSPS) is 20.7. The van der Waals surface area contributed by atoms with Crippen LogP contribution in [0.25, 0.3) is 0 Å². The summed E-state index contributed by atoms with van der Waals surface area (Å²) in [7, 11) is 0. The van der Waals surface area contributed by atoms with Crippen LogP contribution in [0.3, 0.4) is 0 Å². The van der Waals surface area contributed by atoms with Crippen LogP contribution in [0.4, 0.5) is 4.79 Å². The molecule has 0 spiro atoms. The molecule has 2 amide bonds. The summed E-state index contributed by atoms with van der Waals surface area (Å²) in [6.07, 6.45) is 1.89. The van der Waals surface area contributed by atoms with Gasteiger partial charge in [-0.3, -0.25) is 0 Å². The predicted molar refractivity (Wildman–Crippen MR) is 75.8 cm³/mol. The first kappa shape index (κ1) is 17.3. The van der Waals surface area contributed by atoms with Crippen molar-refractivity contribution in [2.24, 2.45) is 5.92 Å². The summed E-state index contributed by atoms with van der Waals surface area (Å²) >= 11 is 0. The van der Waals surface area contributed by atoms with Crippen molar-refractivity contribution in [1.82, 2.24) is 10.2 Å². The minimum absolute atomic E-state index is 0.185. The van der Waals surface area contributed by atoms with Gasteiger partial charge in [0.15, 0.2) is 0 Å². The molecule has 2 N–H and O–H groups in total. The van der Waals surface area contributed by atoms with E-state index in [9.17, 15) is 19.5 Å². The molecule has 0 aromatic carbocycles. The Balaban J connectivity index is 2.72. The minimum Gasteiger partial charge on any atom is -0.480 e. The van der Waals surface area contributed by atoms with Crippen LogP contribution in [0, 0.1) is 5.92 Å². The molecule has 0 aromatic rings. The lowest BCUT2D eigenvalue weighted by atomic mass is 9.99. The average Bonchev–Trinajstić information content (AvgIpc) is 2.93. The molecule has 120 valence electrons. The molecule has 1 fully saturated rings. The smallest absolute Gasteiger partial charge is 0.328 e. The van der Waals surface area contributed by atoms with E-state index in [-0.39, 0.29) is 12.5 Å². The van der Waals surface area contributed by atoms with Gasteiger partial charge >= 0.3 is 18.0 Å². The number of nitrogens with zero attached hydrogens (tertiary/aromatic N) is 1. The molecule has 0 aliphatic carbocycles. The highest BCUT2D eigenvalue weighted by Gasteiger charge is 2.37. The van der Waals surface area contributed by atoms with E-state index in [4.69, 9.17) is 4.74 Å². The molecule has 1 saturated heterocycles. The van der Waals surface area contributed by atoms with Crippen LogP contribution in [0.2, 0.25) is 0 Å². The molecule has 1 aliphatic heterocycles. The highest BCUT2D eigenvalue weighted by Crippen LogP contribution is 2.19. The van der Waals surface area contributed by atoms with Gasteiger partial charge in [-0.1, -0.05) is 20.3 Å². The molecule has 3 atom stereocenters. The Morgan fingerprint density at radius 2 is 2.05 bits per heavy atom. The first-order valence-electron chi connectivity index (χ1n) is 7.38. The zero-order chi connectivity index (χ0) is 16.0. The van der Waals surface area contributed by atoms with Crippen LogP contribution in [-0.2, 0) is 14.3 Å². The van der Waals surface area contributed by atoms with Gasteiger partial charge in [-0.25, -0.2) is 14.4 Å². The molecular formula is C14H24N2O5. The first-order chi connectivity index (χ1) is 9.92. The number of carbonyl (C=O) groups excluding carboxylic acids is 2. The van der Waals surface area contributed by atoms with E-state index in [0.29, 0.717) is 25.8 Å². The number of hydrogen-bond donors (Lipinski definition) is 2. The number of esters is 1. The summed E-state index contributed by atoms with van der Waals surface area (Å²) < 4.78 is 4.95. The molecule has 7 heteroatoms. The zero-order valence-corrected chi connectivity index (χ0v) is 12.8. The van der Waals surface area contributed by atoms with E-state index >= 15 is 0 Å². The maximum absolute atomic E-state index is 12.2. The van der Waals surface area contributed by atoms with Crippen molar-refractivity contribution in [2.45, 2.75) is 52.1 Å². The number of rotatable bonds is 6. The molecule has 1 aliphatic rings. The number of nitrogens with one attached hydrogen (secondary N) is 1. The van der Waals surface area contributed by atoms with Crippen LogP contribution >= 0.6 is 0 Å². The molecule has 1 rings (SSSR count). The van der Waals surface area contributed by atoms with Gasteiger partial charge < -0.3 is 20.1 Å². The van der Waals surface area contributed by atoms with Crippen LogP contribution in [0.15, 0.2) is 0 Å². The molecule has 7 nitrogen and oxygen atoms in total. The van der Waals surface area contributed by atoms with Gasteiger partial charge in [0.25, 0.3) is 0 Å². The topological polar surface area (TPSA) is 95.9 Å². The lowest BCUT2D eigenvalue weighted by molar-refractivity contribution is -0.147. The van der Waals surface area contributed by atoms with Crippen molar-refractivity contribution >= 4 is 18.0 Å². The number of aliphatic carboxylic acids is 1. The zero-order valence-electron chi connectivity index (χ0n) is 12.8. The molecule has 0 saturated carbocycles. The molecule has 0 bridgehead atoms. The second kappa shape index (κ2) is 7.85. The number of carboxylic acid groups (broad SMARTS) is 1. The average molecular weight is 300 g/mol. The summed E-state index contributed by atoms with van der Waals surface area (Å²) in [5, 5.41) is 11.7. The number of likely N-dealkylation sites (tertiary alicyclic amines) is 1. The van der Waals surface area contributed by atoms with E-state index in [2.05, 4.69) is 5.32 Å². The third kappa shape index (κ3) is 4.34. The van der Waals surface area contributed by atoms with E-state index in [1.807, 2.05) is 6.92 Å². The predicted octanol–water partition coefficient (Wildman–Crippen LogP) is 1.22. The standard InChI is InChI=1S/C14H24N2O5/c1-4-9(3)11(12(17)18)15-14(20)16-8-6-7-10(16)13(19)21-5-2/h9-11H,4-8H2,1-3H3,(H,15,20)(H,17,18). The Labute approximate surface area is 124 Å². The number of ether oxygens (including phenoxy) is 1. The third-order valence-electron chi connectivity index (χ3n) is 3.83. The van der Waals surface area contributed by atoms with Crippen LogP contribution < -0.4 is 5.32 Å². The Bertz CT molecular complexity index is 399. The van der Waals surface area contributed by atoms with Gasteiger partial charge in [-0.2, -0.15) is 0 Å². The van der Waals surface area contributed by atoms with Crippen LogP contribution in [-0.4, -0.2) is 53.2 Å². The number of hydrogen-bond acceptors (Lipinski definition) is 4. The fourth-order valence-corrected chi connectivity index (χ4v) is 2.39. The monoisotopic (exact) mass is 300 g/mol. The molecular weight excluding hydrogens is 276 g/mol. The number of amides is 2. The van der Waals surface area contributed by atoms with E-state index < -0.39 is 30.1 Å². The molecule has 3 unspecified atom stereocenters. The van der Waals surface area contributed by atoms with E-state index in [1.165, 1.54) is 4.90 Å². The summed E-state index contributed by atoms with van der Waals surface area (Å²) in [5.41, 5.74) is 0. The highest BCUT2D eigenvalue weighted by atomic mass is 16.5. The molecule has 0 aromatic heterocycles. The van der Waals surface area contributed by atoms with Crippen molar-refractivity contribution in [1.29, 1.82) is 0 Å². The largest absolute Gasteiger partial charge is 0.480 e. The van der Waals surface area contributed by atoms with Crippen molar-refractivity contribution in [2.75, 3.05) is 13.2 Å². The van der Waals surface area contributed by atoms with Crippen molar-refractivity contribution in [3.63, 3.8) is 0 Å². The second-order valence-corrected chi connectivity index (χ2v) is 5.25.